The predicted molar refractivity (Wildman–Crippen MR) is 106 cm³/mol. The van der Waals surface area contributed by atoms with Gasteiger partial charge in [-0.15, -0.1) is 10.2 Å². The second-order valence-corrected chi connectivity index (χ2v) is 7.21. The number of anilines is 1. The van der Waals surface area contributed by atoms with Crippen molar-refractivity contribution in [2.24, 2.45) is 7.05 Å². The molecule has 26 heavy (non-hydrogen) atoms. The largest absolute Gasteiger partial charge is 0.497 e. The number of rotatable bonds is 6. The van der Waals surface area contributed by atoms with Crippen molar-refractivity contribution in [1.29, 1.82) is 0 Å². The number of hydrogen-bond acceptors (Lipinski definition) is 5. The summed E-state index contributed by atoms with van der Waals surface area (Å²) in [5.74, 6) is 1.63. The van der Waals surface area contributed by atoms with Crippen molar-refractivity contribution in [3.8, 4) is 17.1 Å². The van der Waals surface area contributed by atoms with Gasteiger partial charge in [0.2, 0.25) is 5.91 Å². The summed E-state index contributed by atoms with van der Waals surface area (Å²) in [6.45, 7) is 0. The average Bonchev–Trinajstić information content (AvgIpc) is 3.01. The van der Waals surface area contributed by atoms with E-state index in [2.05, 4.69) is 31.4 Å². The van der Waals surface area contributed by atoms with Crippen molar-refractivity contribution in [3.05, 3.63) is 53.0 Å². The Morgan fingerprint density at radius 3 is 2.62 bits per heavy atom. The van der Waals surface area contributed by atoms with Crippen LogP contribution in [0.3, 0.4) is 0 Å². The standard InChI is InChI=1S/C18H17BrN4O2S/c1-23-17(14-5-3-4-6-15(14)19)21-22-18(23)26-11-16(24)20-12-7-9-13(25-2)10-8-12/h3-10H,11H2,1-2H3,(H,20,24). The van der Waals surface area contributed by atoms with Crippen molar-refractivity contribution in [2.45, 2.75) is 5.16 Å². The van der Waals surface area contributed by atoms with Crippen LogP contribution in [0, 0.1) is 0 Å². The molecule has 0 saturated carbocycles. The Bertz CT molecular complexity index is 912. The van der Waals surface area contributed by atoms with E-state index in [4.69, 9.17) is 4.74 Å². The minimum Gasteiger partial charge on any atom is -0.497 e. The Morgan fingerprint density at radius 2 is 1.92 bits per heavy atom. The molecule has 2 aromatic carbocycles. The lowest BCUT2D eigenvalue weighted by Crippen LogP contribution is -2.14. The maximum Gasteiger partial charge on any atom is 0.234 e. The molecular formula is C18H17BrN4O2S. The second-order valence-electron chi connectivity index (χ2n) is 5.41. The number of thioether (sulfide) groups is 1. The van der Waals surface area contributed by atoms with Crippen molar-refractivity contribution >= 4 is 39.3 Å². The third kappa shape index (κ3) is 4.25. The summed E-state index contributed by atoms with van der Waals surface area (Å²) in [6.07, 6.45) is 0. The van der Waals surface area contributed by atoms with Gasteiger partial charge < -0.3 is 14.6 Å². The minimum absolute atomic E-state index is 0.106. The number of aromatic nitrogens is 3. The first-order chi connectivity index (χ1) is 12.6. The minimum atomic E-state index is -0.106. The molecule has 1 heterocycles. The normalized spacial score (nSPS) is 10.6. The highest BCUT2D eigenvalue weighted by atomic mass is 79.9. The average molecular weight is 433 g/mol. The van der Waals surface area contributed by atoms with Crippen LogP contribution in [0.25, 0.3) is 11.4 Å². The van der Waals surface area contributed by atoms with Crippen LogP contribution in [-0.2, 0) is 11.8 Å². The first-order valence-electron chi connectivity index (χ1n) is 7.79. The SMILES string of the molecule is COc1ccc(NC(=O)CSc2nnc(-c3ccccc3Br)n2C)cc1. The number of benzene rings is 2. The number of carbonyl (C=O) groups excluding carboxylic acids is 1. The van der Waals surface area contributed by atoms with E-state index in [-0.39, 0.29) is 11.7 Å². The van der Waals surface area contributed by atoms with Crippen LogP contribution in [0.1, 0.15) is 0 Å². The molecule has 0 saturated heterocycles. The van der Waals surface area contributed by atoms with E-state index in [0.717, 1.165) is 27.3 Å². The third-order valence-electron chi connectivity index (χ3n) is 3.66. The molecule has 0 radical (unpaired) electrons. The molecule has 0 aliphatic rings. The summed E-state index contributed by atoms with van der Waals surface area (Å²) in [5.41, 5.74) is 1.68. The van der Waals surface area contributed by atoms with Crippen molar-refractivity contribution in [2.75, 3.05) is 18.2 Å². The van der Waals surface area contributed by atoms with E-state index in [1.807, 2.05) is 35.9 Å². The number of halogens is 1. The van der Waals surface area contributed by atoms with Gasteiger partial charge in [0, 0.05) is 22.8 Å². The van der Waals surface area contributed by atoms with Gasteiger partial charge in [0.1, 0.15) is 5.75 Å². The van der Waals surface area contributed by atoms with Gasteiger partial charge in [-0.05, 0) is 30.3 Å². The number of hydrogen-bond donors (Lipinski definition) is 1. The fraction of sp³-hybridized carbons (Fsp3) is 0.167. The quantitative estimate of drug-likeness (QED) is 0.596. The van der Waals surface area contributed by atoms with Gasteiger partial charge in [0.05, 0.1) is 12.9 Å². The van der Waals surface area contributed by atoms with Crippen molar-refractivity contribution in [1.82, 2.24) is 14.8 Å². The van der Waals surface area contributed by atoms with E-state index in [1.54, 1.807) is 31.4 Å². The molecule has 0 unspecified atom stereocenters. The van der Waals surface area contributed by atoms with Gasteiger partial charge in [0.25, 0.3) is 0 Å². The molecule has 0 aliphatic carbocycles. The predicted octanol–water partition coefficient (Wildman–Crippen LogP) is 3.98. The molecular weight excluding hydrogens is 416 g/mol. The first-order valence-corrected chi connectivity index (χ1v) is 9.57. The fourth-order valence-corrected chi connectivity index (χ4v) is 3.49. The van der Waals surface area contributed by atoms with Gasteiger partial charge in [0.15, 0.2) is 11.0 Å². The zero-order valence-corrected chi connectivity index (χ0v) is 16.7. The Balaban J connectivity index is 1.63. The topological polar surface area (TPSA) is 69.0 Å². The van der Waals surface area contributed by atoms with E-state index in [9.17, 15) is 4.79 Å². The number of ether oxygens (including phenoxy) is 1. The Morgan fingerprint density at radius 1 is 1.19 bits per heavy atom. The summed E-state index contributed by atoms with van der Waals surface area (Å²) in [5, 5.41) is 12.0. The van der Waals surface area contributed by atoms with Gasteiger partial charge in [-0.2, -0.15) is 0 Å². The summed E-state index contributed by atoms with van der Waals surface area (Å²) in [7, 11) is 3.49. The number of nitrogens with zero attached hydrogens (tertiary/aromatic N) is 3. The molecule has 0 fully saturated rings. The molecule has 3 aromatic rings. The molecule has 1 N–H and O–H groups in total. The third-order valence-corrected chi connectivity index (χ3v) is 5.37. The summed E-state index contributed by atoms with van der Waals surface area (Å²) >= 11 is 4.87. The zero-order chi connectivity index (χ0) is 18.5. The summed E-state index contributed by atoms with van der Waals surface area (Å²) in [4.78, 5) is 12.2. The summed E-state index contributed by atoms with van der Waals surface area (Å²) in [6, 6.07) is 15.0. The van der Waals surface area contributed by atoms with E-state index in [1.165, 1.54) is 11.8 Å². The van der Waals surface area contributed by atoms with Crippen LogP contribution in [0.5, 0.6) is 5.75 Å². The number of amides is 1. The zero-order valence-electron chi connectivity index (χ0n) is 14.3. The van der Waals surface area contributed by atoms with Crippen LogP contribution in [-0.4, -0.2) is 33.5 Å². The Kier molecular flexibility index (Phi) is 5.95. The Hall–Kier alpha value is -2.32. The molecule has 1 aromatic heterocycles. The van der Waals surface area contributed by atoms with Crippen LogP contribution < -0.4 is 10.1 Å². The molecule has 0 aliphatic heterocycles. The maximum atomic E-state index is 12.2. The monoisotopic (exact) mass is 432 g/mol. The molecule has 134 valence electrons. The number of carbonyl (C=O) groups is 1. The fourth-order valence-electron chi connectivity index (χ4n) is 2.32. The van der Waals surface area contributed by atoms with Gasteiger partial charge in [-0.3, -0.25) is 4.79 Å². The molecule has 0 atom stereocenters. The molecule has 3 rings (SSSR count). The van der Waals surface area contributed by atoms with Crippen molar-refractivity contribution < 1.29 is 9.53 Å². The van der Waals surface area contributed by atoms with Gasteiger partial charge in [-0.25, -0.2) is 0 Å². The van der Waals surface area contributed by atoms with Crippen LogP contribution in [0.2, 0.25) is 0 Å². The maximum absolute atomic E-state index is 12.2. The lowest BCUT2D eigenvalue weighted by atomic mass is 10.2. The van der Waals surface area contributed by atoms with Gasteiger partial charge in [-0.1, -0.05) is 45.9 Å². The van der Waals surface area contributed by atoms with E-state index >= 15 is 0 Å². The first kappa shape index (κ1) is 18.5. The summed E-state index contributed by atoms with van der Waals surface area (Å²) < 4.78 is 7.93. The van der Waals surface area contributed by atoms with Crippen LogP contribution >= 0.6 is 27.7 Å². The number of methoxy groups -OCH3 is 1. The van der Waals surface area contributed by atoms with Gasteiger partial charge >= 0.3 is 0 Å². The highest BCUT2D eigenvalue weighted by Crippen LogP contribution is 2.28. The lowest BCUT2D eigenvalue weighted by molar-refractivity contribution is -0.113. The lowest BCUT2D eigenvalue weighted by Gasteiger charge is -2.07. The molecule has 0 spiro atoms. The van der Waals surface area contributed by atoms with E-state index < -0.39 is 0 Å². The highest BCUT2D eigenvalue weighted by molar-refractivity contribution is 9.10. The molecule has 6 nitrogen and oxygen atoms in total. The van der Waals surface area contributed by atoms with E-state index in [0.29, 0.717) is 5.16 Å². The molecule has 1 amide bonds. The molecule has 8 heteroatoms. The Labute approximate surface area is 164 Å². The van der Waals surface area contributed by atoms with Crippen molar-refractivity contribution in [3.63, 3.8) is 0 Å². The highest BCUT2D eigenvalue weighted by Gasteiger charge is 2.14. The van der Waals surface area contributed by atoms with Crippen LogP contribution in [0.15, 0.2) is 58.2 Å². The smallest absolute Gasteiger partial charge is 0.234 e. The number of nitrogens with one attached hydrogen (secondary N) is 1. The molecule has 0 bridgehead atoms. The van der Waals surface area contributed by atoms with Crippen LogP contribution in [0.4, 0.5) is 5.69 Å². The second kappa shape index (κ2) is 8.37.